The van der Waals surface area contributed by atoms with Crippen LogP contribution < -0.4 is 16.0 Å². The molecular formula is C27H41N3O5. The van der Waals surface area contributed by atoms with E-state index >= 15 is 0 Å². The molecule has 1 saturated heterocycles. The number of cyclic esters (lactones) is 1. The Hall–Kier alpha value is -2.90. The minimum atomic E-state index is -0.888. The standard InChI is InChI=1S/C27H41N3O5/c1-6-7-11-18(4)14-22-27(34)35-23(17(2)3)16-24(31)29-21(15-20-12-9-8-10-13-20)26(33)28-19(5)25(32)30-22/h8-10,12-13,17-19,21-23H,6-7,11,14-16H2,1-5H3,(H,28,33)(H,29,31)(H,30,32)/t18-,19+,21-,22+,23+/m0/s1. The smallest absolute Gasteiger partial charge is 0.328 e. The number of esters is 1. The van der Waals surface area contributed by atoms with Gasteiger partial charge in [0.15, 0.2) is 0 Å². The molecule has 1 aliphatic rings. The van der Waals surface area contributed by atoms with Crippen LogP contribution in [0, 0.1) is 11.8 Å². The lowest BCUT2D eigenvalue weighted by atomic mass is 9.95. The lowest BCUT2D eigenvalue weighted by Crippen LogP contribution is -2.55. The van der Waals surface area contributed by atoms with E-state index < -0.39 is 42.0 Å². The highest BCUT2D eigenvalue weighted by atomic mass is 16.5. The number of ether oxygens (including phenoxy) is 1. The first-order valence-corrected chi connectivity index (χ1v) is 12.7. The molecule has 1 fully saturated rings. The van der Waals surface area contributed by atoms with Crippen LogP contribution in [-0.4, -0.2) is 47.9 Å². The topological polar surface area (TPSA) is 114 Å². The maximum atomic E-state index is 13.1. The van der Waals surface area contributed by atoms with Gasteiger partial charge in [0.1, 0.15) is 24.2 Å². The number of amides is 3. The third kappa shape index (κ3) is 9.34. The molecule has 8 nitrogen and oxygen atoms in total. The molecule has 35 heavy (non-hydrogen) atoms. The molecule has 1 aliphatic heterocycles. The molecule has 0 radical (unpaired) electrons. The van der Waals surface area contributed by atoms with Gasteiger partial charge in [0.25, 0.3) is 0 Å². The lowest BCUT2D eigenvalue weighted by Gasteiger charge is -2.26. The van der Waals surface area contributed by atoms with Crippen LogP contribution >= 0.6 is 0 Å². The summed E-state index contributed by atoms with van der Waals surface area (Å²) in [5.74, 6) is -1.77. The van der Waals surface area contributed by atoms with Crippen LogP contribution in [0.4, 0.5) is 0 Å². The number of carbonyl (C=O) groups excluding carboxylic acids is 4. The minimum absolute atomic E-state index is 0.0659. The van der Waals surface area contributed by atoms with E-state index in [9.17, 15) is 19.2 Å². The van der Waals surface area contributed by atoms with Crippen molar-refractivity contribution in [3.63, 3.8) is 0 Å². The van der Waals surface area contributed by atoms with Gasteiger partial charge < -0.3 is 20.7 Å². The molecule has 1 aromatic rings. The number of hydrogen-bond acceptors (Lipinski definition) is 5. The van der Waals surface area contributed by atoms with E-state index in [4.69, 9.17) is 4.74 Å². The normalized spacial score (nSPS) is 25.3. The van der Waals surface area contributed by atoms with E-state index in [1.165, 1.54) is 0 Å². The zero-order valence-corrected chi connectivity index (χ0v) is 21.6. The maximum Gasteiger partial charge on any atom is 0.328 e. The molecule has 5 atom stereocenters. The molecule has 1 aromatic carbocycles. The van der Waals surface area contributed by atoms with Gasteiger partial charge in [0.05, 0.1) is 6.42 Å². The quantitative estimate of drug-likeness (QED) is 0.488. The largest absolute Gasteiger partial charge is 0.460 e. The highest BCUT2D eigenvalue weighted by molar-refractivity contribution is 5.94. The molecule has 0 unspecified atom stereocenters. The fraction of sp³-hybridized carbons (Fsp3) is 0.630. The average molecular weight is 488 g/mol. The van der Waals surface area contributed by atoms with E-state index in [1.807, 2.05) is 51.1 Å². The highest BCUT2D eigenvalue weighted by Crippen LogP contribution is 2.18. The van der Waals surface area contributed by atoms with E-state index in [2.05, 4.69) is 22.9 Å². The zero-order valence-electron chi connectivity index (χ0n) is 21.6. The highest BCUT2D eigenvalue weighted by Gasteiger charge is 2.33. The number of hydrogen-bond donors (Lipinski definition) is 3. The van der Waals surface area contributed by atoms with Crippen molar-refractivity contribution in [1.29, 1.82) is 0 Å². The molecule has 0 aromatic heterocycles. The van der Waals surface area contributed by atoms with Gasteiger partial charge >= 0.3 is 5.97 Å². The average Bonchev–Trinajstić information content (AvgIpc) is 2.81. The summed E-state index contributed by atoms with van der Waals surface area (Å²) in [6, 6.07) is 6.75. The molecule has 3 amide bonds. The van der Waals surface area contributed by atoms with Crippen molar-refractivity contribution >= 4 is 23.7 Å². The fourth-order valence-corrected chi connectivity index (χ4v) is 4.10. The lowest BCUT2D eigenvalue weighted by molar-refractivity contribution is -0.157. The predicted octanol–water partition coefficient (Wildman–Crippen LogP) is 2.89. The number of carbonyl (C=O) groups is 4. The van der Waals surface area contributed by atoms with Gasteiger partial charge in [-0.25, -0.2) is 4.79 Å². The van der Waals surface area contributed by atoms with Gasteiger partial charge in [0, 0.05) is 6.42 Å². The third-order valence-corrected chi connectivity index (χ3v) is 6.37. The SMILES string of the molecule is CCCC[C@H](C)C[C@H]1NC(=O)[C@@H](C)NC(=O)[C@H](Cc2ccccc2)NC(=O)C[C@H](C(C)C)OC1=O. The maximum absolute atomic E-state index is 13.1. The van der Waals surface area contributed by atoms with Crippen molar-refractivity contribution in [3.05, 3.63) is 35.9 Å². The second-order valence-electron chi connectivity index (χ2n) is 10.0. The monoisotopic (exact) mass is 487 g/mol. The Labute approximate surface area is 208 Å². The van der Waals surface area contributed by atoms with Gasteiger partial charge in [0.2, 0.25) is 17.7 Å². The Bertz CT molecular complexity index is 858. The number of nitrogens with one attached hydrogen (secondary N) is 3. The summed E-state index contributed by atoms with van der Waals surface area (Å²) in [6.07, 6.45) is 2.97. The molecule has 0 aliphatic carbocycles. The third-order valence-electron chi connectivity index (χ3n) is 6.37. The van der Waals surface area contributed by atoms with Gasteiger partial charge in [-0.05, 0) is 30.7 Å². The molecule has 3 N–H and O–H groups in total. The Balaban J connectivity index is 2.29. The molecule has 0 spiro atoms. The number of benzene rings is 1. The molecular weight excluding hydrogens is 446 g/mol. The van der Waals surface area contributed by atoms with Crippen LogP contribution in [0.15, 0.2) is 30.3 Å². The Morgan fingerprint density at radius 2 is 1.63 bits per heavy atom. The van der Waals surface area contributed by atoms with Crippen molar-refractivity contribution < 1.29 is 23.9 Å². The molecule has 8 heteroatoms. The second-order valence-corrected chi connectivity index (χ2v) is 10.0. The van der Waals surface area contributed by atoms with Crippen molar-refractivity contribution in [3.8, 4) is 0 Å². The molecule has 194 valence electrons. The molecule has 2 rings (SSSR count). The predicted molar refractivity (Wildman–Crippen MR) is 134 cm³/mol. The molecule has 0 bridgehead atoms. The van der Waals surface area contributed by atoms with Crippen LogP contribution in [0.5, 0.6) is 0 Å². The summed E-state index contributed by atoms with van der Waals surface area (Å²) in [6.45, 7) is 9.46. The fourth-order valence-electron chi connectivity index (χ4n) is 4.10. The zero-order chi connectivity index (χ0) is 26.0. The summed E-state index contributed by atoms with van der Waals surface area (Å²) >= 11 is 0. The summed E-state index contributed by atoms with van der Waals surface area (Å²) in [7, 11) is 0. The van der Waals surface area contributed by atoms with Crippen LogP contribution in [0.1, 0.15) is 72.3 Å². The van der Waals surface area contributed by atoms with Crippen LogP contribution in [0.25, 0.3) is 0 Å². The summed E-state index contributed by atoms with van der Waals surface area (Å²) in [4.78, 5) is 52.0. The van der Waals surface area contributed by atoms with Crippen molar-refractivity contribution in [2.75, 3.05) is 0 Å². The minimum Gasteiger partial charge on any atom is -0.460 e. The second kappa shape index (κ2) is 13.9. The van der Waals surface area contributed by atoms with Crippen molar-refractivity contribution in [2.24, 2.45) is 11.8 Å². The number of unbranched alkanes of at least 4 members (excludes halogenated alkanes) is 1. The van der Waals surface area contributed by atoms with Crippen LogP contribution in [-0.2, 0) is 30.3 Å². The summed E-state index contributed by atoms with van der Waals surface area (Å²) < 4.78 is 5.76. The first-order valence-electron chi connectivity index (χ1n) is 12.7. The van der Waals surface area contributed by atoms with Gasteiger partial charge in [-0.2, -0.15) is 0 Å². The van der Waals surface area contributed by atoms with E-state index in [0.717, 1.165) is 24.8 Å². The van der Waals surface area contributed by atoms with Gasteiger partial charge in [-0.15, -0.1) is 0 Å². The molecule has 1 heterocycles. The van der Waals surface area contributed by atoms with Gasteiger partial charge in [-0.1, -0.05) is 77.3 Å². The van der Waals surface area contributed by atoms with E-state index in [0.29, 0.717) is 6.42 Å². The first-order chi connectivity index (χ1) is 16.6. The van der Waals surface area contributed by atoms with Gasteiger partial charge in [-0.3, -0.25) is 14.4 Å². The molecule has 0 saturated carbocycles. The first kappa shape index (κ1) is 28.3. The summed E-state index contributed by atoms with van der Waals surface area (Å²) in [5, 5.41) is 8.26. The van der Waals surface area contributed by atoms with Crippen molar-refractivity contribution in [1.82, 2.24) is 16.0 Å². The Kier molecular flexibility index (Phi) is 11.2. The van der Waals surface area contributed by atoms with Crippen LogP contribution in [0.3, 0.4) is 0 Å². The van der Waals surface area contributed by atoms with Crippen LogP contribution in [0.2, 0.25) is 0 Å². The summed E-state index contributed by atoms with van der Waals surface area (Å²) in [5.41, 5.74) is 0.877. The van der Waals surface area contributed by atoms with Crippen molar-refractivity contribution in [2.45, 2.75) is 97.4 Å². The number of rotatable bonds is 8. The van der Waals surface area contributed by atoms with E-state index in [-0.39, 0.29) is 30.6 Å². The van der Waals surface area contributed by atoms with E-state index in [1.54, 1.807) is 6.92 Å². The Morgan fingerprint density at radius 3 is 2.26 bits per heavy atom. The Morgan fingerprint density at radius 1 is 0.943 bits per heavy atom.